The van der Waals surface area contributed by atoms with Gasteiger partial charge in [0.05, 0.1) is 6.10 Å². The molecule has 2 saturated carbocycles. The van der Waals surface area contributed by atoms with Gasteiger partial charge in [-0.05, 0) is 80.8 Å². The second kappa shape index (κ2) is 8.82. The predicted molar refractivity (Wildman–Crippen MR) is 126 cm³/mol. The molecule has 5 atom stereocenters. The molecule has 0 radical (unpaired) electrons. The highest BCUT2D eigenvalue weighted by Gasteiger charge is 2.45. The van der Waals surface area contributed by atoms with Gasteiger partial charge in [-0.25, -0.2) is 12.8 Å². The van der Waals surface area contributed by atoms with Crippen molar-refractivity contribution in [2.75, 3.05) is 6.26 Å². The van der Waals surface area contributed by atoms with Crippen molar-refractivity contribution in [3.05, 3.63) is 59.3 Å². The first kappa shape index (κ1) is 24.2. The number of allylic oxidation sites excluding steroid dienone is 7. The Morgan fingerprint density at radius 3 is 2.74 bits per heavy atom. The molecule has 0 aliphatic heterocycles. The molecule has 31 heavy (non-hydrogen) atoms. The molecular weight excluding hydrogens is 411 g/mol. The van der Waals surface area contributed by atoms with Crippen LogP contribution in [0.4, 0.5) is 4.39 Å². The van der Waals surface area contributed by atoms with Crippen LogP contribution in [-0.4, -0.2) is 30.9 Å². The number of halogens is 1. The van der Waals surface area contributed by atoms with Crippen LogP contribution in [0.3, 0.4) is 0 Å². The van der Waals surface area contributed by atoms with Gasteiger partial charge in [-0.3, -0.25) is 0 Å². The monoisotopic (exact) mass is 448 g/mol. The Hall–Kier alpha value is -1.46. The molecule has 0 aromatic carbocycles. The first-order valence-electron chi connectivity index (χ1n) is 11.4. The maximum absolute atomic E-state index is 14.5. The minimum atomic E-state index is -3.81. The number of fused-ring (bicyclic) bond motifs is 1. The van der Waals surface area contributed by atoms with E-state index in [2.05, 4.69) is 31.7 Å². The fourth-order valence-corrected chi connectivity index (χ4v) is 5.82. The molecule has 1 N–H and O–H groups in total. The summed E-state index contributed by atoms with van der Waals surface area (Å²) in [5.41, 5.74) is 5.01. The second-order valence-corrected chi connectivity index (χ2v) is 12.4. The number of aliphatic hydroxyl groups is 1. The van der Waals surface area contributed by atoms with Gasteiger partial charge in [-0.2, -0.15) is 0 Å². The molecule has 2 fully saturated rings. The molecule has 0 bridgehead atoms. The van der Waals surface area contributed by atoms with Gasteiger partial charge in [0.1, 0.15) is 0 Å². The summed E-state index contributed by atoms with van der Waals surface area (Å²) in [4.78, 5) is 0. The van der Waals surface area contributed by atoms with Gasteiger partial charge >= 0.3 is 0 Å². The Labute approximate surface area is 187 Å². The largest absolute Gasteiger partial charge is 0.393 e. The van der Waals surface area contributed by atoms with Crippen molar-refractivity contribution in [1.29, 1.82) is 0 Å². The quantitative estimate of drug-likeness (QED) is 0.525. The molecule has 0 heterocycles. The van der Waals surface area contributed by atoms with E-state index in [-0.39, 0.29) is 17.4 Å². The molecular formula is C26H37FO3S. The third-order valence-corrected chi connectivity index (χ3v) is 9.28. The summed E-state index contributed by atoms with van der Waals surface area (Å²) >= 11 is 0. The zero-order valence-corrected chi connectivity index (χ0v) is 20.1. The van der Waals surface area contributed by atoms with Crippen LogP contribution in [0.5, 0.6) is 0 Å². The van der Waals surface area contributed by atoms with E-state index in [9.17, 15) is 17.9 Å². The van der Waals surface area contributed by atoms with Crippen LogP contribution in [-0.2, 0) is 9.84 Å². The van der Waals surface area contributed by atoms with Crippen molar-refractivity contribution in [2.45, 2.75) is 76.8 Å². The standard InChI is InChI=1S/C26H37FO3S/c1-18-8-11-22(28)17-21(18)10-9-20-7-6-15-25(3)23(12-13-24(20)25)19(2)14-16-26(4,27)31(5,29)30/h9-10,12,14,16,19,22,24,28H,1,6-8,11,13,15,17H2,2-5H3/b16-14+,20-9+,21-10-/t19?,22?,24-,25?,26?/m0/s1. The van der Waals surface area contributed by atoms with E-state index in [0.717, 1.165) is 62.9 Å². The Kier molecular flexibility index (Phi) is 6.88. The Morgan fingerprint density at radius 1 is 1.35 bits per heavy atom. The normalized spacial score (nSPS) is 35.3. The summed E-state index contributed by atoms with van der Waals surface area (Å²) < 4.78 is 37.9. The topological polar surface area (TPSA) is 54.4 Å². The fraction of sp³-hybridized carbons (Fsp3) is 0.615. The van der Waals surface area contributed by atoms with Crippen LogP contribution in [0.25, 0.3) is 0 Å². The lowest BCUT2D eigenvalue weighted by atomic mass is 9.62. The lowest BCUT2D eigenvalue weighted by Gasteiger charge is -2.42. The molecule has 0 spiro atoms. The molecule has 3 aliphatic rings. The average molecular weight is 449 g/mol. The summed E-state index contributed by atoms with van der Waals surface area (Å²) in [5.74, 6) is 0.398. The summed E-state index contributed by atoms with van der Waals surface area (Å²) in [7, 11) is -3.81. The highest BCUT2D eigenvalue weighted by atomic mass is 32.2. The summed E-state index contributed by atoms with van der Waals surface area (Å²) in [5, 5.41) is 7.65. The van der Waals surface area contributed by atoms with Gasteiger partial charge in [-0.1, -0.05) is 61.4 Å². The Morgan fingerprint density at radius 2 is 2.06 bits per heavy atom. The smallest absolute Gasteiger partial charge is 0.225 e. The molecule has 5 heteroatoms. The molecule has 0 amide bonds. The molecule has 0 saturated heterocycles. The SMILES string of the molecule is C=C1CCC(O)C/C1=C/C=C1\CCCC2(C)C(C(C)/C=C/C(C)(F)S(C)(=O)=O)=CC[C@@H]12. The summed E-state index contributed by atoms with van der Waals surface area (Å²) in [6, 6.07) is 0. The van der Waals surface area contributed by atoms with E-state index in [0.29, 0.717) is 12.3 Å². The van der Waals surface area contributed by atoms with Gasteiger partial charge in [0.2, 0.25) is 5.00 Å². The second-order valence-electron chi connectivity index (χ2n) is 10.1. The van der Waals surface area contributed by atoms with E-state index < -0.39 is 14.8 Å². The lowest BCUT2D eigenvalue weighted by Crippen LogP contribution is -2.32. The van der Waals surface area contributed by atoms with E-state index in [4.69, 9.17) is 0 Å². The Bertz CT molecular complexity index is 951. The van der Waals surface area contributed by atoms with Crippen molar-refractivity contribution in [1.82, 2.24) is 0 Å². The average Bonchev–Trinajstić information content (AvgIpc) is 3.03. The molecule has 0 aromatic rings. The molecule has 172 valence electrons. The summed E-state index contributed by atoms with van der Waals surface area (Å²) in [6.45, 7) is 9.60. The highest BCUT2D eigenvalue weighted by Crippen LogP contribution is 2.56. The third kappa shape index (κ3) is 4.98. The van der Waals surface area contributed by atoms with Gasteiger partial charge in [-0.15, -0.1) is 0 Å². The molecule has 3 aliphatic carbocycles. The summed E-state index contributed by atoms with van der Waals surface area (Å²) in [6.07, 6.45) is 16.8. The van der Waals surface area contributed by atoms with E-state index in [1.807, 2.05) is 6.92 Å². The van der Waals surface area contributed by atoms with Crippen molar-refractivity contribution in [3.8, 4) is 0 Å². The van der Waals surface area contributed by atoms with Crippen LogP contribution in [0.2, 0.25) is 0 Å². The number of hydrogen-bond donors (Lipinski definition) is 1. The van der Waals surface area contributed by atoms with Gasteiger partial charge in [0, 0.05) is 6.26 Å². The van der Waals surface area contributed by atoms with Gasteiger partial charge in [0.15, 0.2) is 9.84 Å². The number of alkyl halides is 1. The van der Waals surface area contributed by atoms with Crippen LogP contribution >= 0.6 is 0 Å². The van der Waals surface area contributed by atoms with Crippen LogP contribution in [0, 0.1) is 17.3 Å². The van der Waals surface area contributed by atoms with Gasteiger partial charge in [0.25, 0.3) is 0 Å². The van der Waals surface area contributed by atoms with Crippen molar-refractivity contribution in [3.63, 3.8) is 0 Å². The van der Waals surface area contributed by atoms with Crippen LogP contribution in [0.15, 0.2) is 59.3 Å². The van der Waals surface area contributed by atoms with E-state index >= 15 is 0 Å². The minimum Gasteiger partial charge on any atom is -0.393 e. The minimum absolute atomic E-state index is 0.00718. The molecule has 3 rings (SSSR count). The molecule has 4 unspecified atom stereocenters. The fourth-order valence-electron chi connectivity index (χ4n) is 5.50. The van der Waals surface area contributed by atoms with Crippen molar-refractivity contribution >= 4 is 9.84 Å². The Balaban J connectivity index is 1.80. The predicted octanol–water partition coefficient (Wildman–Crippen LogP) is 6.00. The first-order chi connectivity index (χ1) is 14.3. The van der Waals surface area contributed by atoms with Crippen LogP contribution in [0.1, 0.15) is 65.7 Å². The zero-order valence-electron chi connectivity index (χ0n) is 19.3. The number of aliphatic hydroxyl groups excluding tert-OH is 1. The van der Waals surface area contributed by atoms with Crippen molar-refractivity contribution in [2.24, 2.45) is 17.3 Å². The number of hydrogen-bond acceptors (Lipinski definition) is 3. The lowest BCUT2D eigenvalue weighted by molar-refractivity contribution is 0.158. The van der Waals surface area contributed by atoms with Gasteiger partial charge < -0.3 is 5.11 Å². The molecule has 0 aromatic heterocycles. The number of sulfone groups is 1. The molecule has 3 nitrogen and oxygen atoms in total. The third-order valence-electron chi connectivity index (χ3n) is 7.70. The van der Waals surface area contributed by atoms with Crippen LogP contribution < -0.4 is 0 Å². The number of rotatable bonds is 5. The maximum atomic E-state index is 14.5. The highest BCUT2D eigenvalue weighted by molar-refractivity contribution is 7.92. The first-order valence-corrected chi connectivity index (χ1v) is 13.3. The zero-order chi connectivity index (χ0) is 23.0. The van der Waals surface area contributed by atoms with E-state index in [1.165, 1.54) is 17.2 Å². The van der Waals surface area contributed by atoms with Crippen molar-refractivity contribution < 1.29 is 17.9 Å². The van der Waals surface area contributed by atoms with E-state index in [1.54, 1.807) is 6.08 Å². The maximum Gasteiger partial charge on any atom is 0.225 e.